The zero-order valence-corrected chi connectivity index (χ0v) is 15.4. The van der Waals surface area contributed by atoms with Crippen molar-refractivity contribution in [3.8, 4) is 0 Å². The van der Waals surface area contributed by atoms with Crippen molar-refractivity contribution in [3.63, 3.8) is 0 Å². The maximum absolute atomic E-state index is 12.7. The van der Waals surface area contributed by atoms with E-state index in [1.807, 2.05) is 52.0 Å². The molecule has 2 saturated heterocycles. The topological polar surface area (TPSA) is 58.4 Å². The second kappa shape index (κ2) is 5.98. The Kier molecular flexibility index (Phi) is 3.91. The number of carbonyl (C=O) groups excluding carboxylic acids is 2. The molecule has 0 aliphatic carbocycles. The zero-order valence-electron chi connectivity index (χ0n) is 14.6. The fourth-order valence-corrected chi connectivity index (χ4v) is 4.63. The minimum absolute atomic E-state index is 0.0606. The Morgan fingerprint density at radius 2 is 2.24 bits per heavy atom. The minimum atomic E-state index is -0.0943. The first-order chi connectivity index (χ1) is 12.0. The second-order valence-electron chi connectivity index (χ2n) is 7.27. The lowest BCUT2D eigenvalue weighted by Crippen LogP contribution is -2.34. The number of aryl methyl sites for hydroxylation is 2. The van der Waals surface area contributed by atoms with E-state index in [1.165, 1.54) is 0 Å². The van der Waals surface area contributed by atoms with Gasteiger partial charge < -0.3 is 14.4 Å². The average Bonchev–Trinajstić information content (AvgIpc) is 3.31. The lowest BCUT2D eigenvalue weighted by molar-refractivity contribution is -0.128. The highest BCUT2D eigenvalue weighted by molar-refractivity contribution is 7.09. The van der Waals surface area contributed by atoms with Crippen LogP contribution in [0.25, 0.3) is 0 Å². The SMILES string of the molecule is Cc1nc(CN2CC3(CCN(C(=O)c4cccn4C)C3)CC2=O)cs1. The first kappa shape index (κ1) is 16.3. The van der Waals surface area contributed by atoms with Gasteiger partial charge in [0, 0.05) is 50.1 Å². The molecule has 25 heavy (non-hydrogen) atoms. The van der Waals surface area contributed by atoms with Crippen LogP contribution < -0.4 is 0 Å². The van der Waals surface area contributed by atoms with Crippen molar-refractivity contribution in [1.82, 2.24) is 19.4 Å². The Balaban J connectivity index is 1.44. The quantitative estimate of drug-likeness (QED) is 0.844. The number of likely N-dealkylation sites (tertiary alicyclic amines) is 2. The summed E-state index contributed by atoms with van der Waals surface area (Å²) in [6.07, 6.45) is 3.31. The van der Waals surface area contributed by atoms with E-state index in [-0.39, 0.29) is 17.2 Å². The van der Waals surface area contributed by atoms with E-state index in [1.54, 1.807) is 11.3 Å². The Morgan fingerprint density at radius 3 is 2.92 bits per heavy atom. The van der Waals surface area contributed by atoms with Gasteiger partial charge in [0.15, 0.2) is 0 Å². The maximum atomic E-state index is 12.7. The Hall–Kier alpha value is -2.15. The van der Waals surface area contributed by atoms with Gasteiger partial charge in [-0.25, -0.2) is 4.98 Å². The number of carbonyl (C=O) groups is 2. The fourth-order valence-electron chi connectivity index (χ4n) is 4.03. The molecule has 0 aromatic carbocycles. The number of hydrogen-bond donors (Lipinski definition) is 0. The number of rotatable bonds is 3. The summed E-state index contributed by atoms with van der Waals surface area (Å²) in [5.41, 5.74) is 1.57. The third-order valence-corrected chi connectivity index (χ3v) is 6.14. The monoisotopic (exact) mass is 358 g/mol. The molecule has 2 fully saturated rings. The van der Waals surface area contributed by atoms with Gasteiger partial charge in [-0.1, -0.05) is 0 Å². The molecule has 2 aromatic rings. The largest absolute Gasteiger partial charge is 0.347 e. The van der Waals surface area contributed by atoms with Gasteiger partial charge in [0.1, 0.15) is 5.69 Å². The Labute approximate surface area is 151 Å². The highest BCUT2D eigenvalue weighted by Crippen LogP contribution is 2.41. The van der Waals surface area contributed by atoms with Crippen LogP contribution in [0.5, 0.6) is 0 Å². The molecule has 0 radical (unpaired) electrons. The van der Waals surface area contributed by atoms with Crippen LogP contribution in [-0.2, 0) is 18.4 Å². The van der Waals surface area contributed by atoms with Crippen molar-refractivity contribution in [2.24, 2.45) is 12.5 Å². The van der Waals surface area contributed by atoms with Gasteiger partial charge in [0.05, 0.1) is 17.2 Å². The molecule has 0 bridgehead atoms. The van der Waals surface area contributed by atoms with Gasteiger partial charge in [0.2, 0.25) is 5.91 Å². The molecule has 2 aromatic heterocycles. The van der Waals surface area contributed by atoms with Gasteiger partial charge in [0.25, 0.3) is 5.91 Å². The van der Waals surface area contributed by atoms with E-state index < -0.39 is 0 Å². The molecule has 4 rings (SSSR count). The number of thiazole rings is 1. The smallest absolute Gasteiger partial charge is 0.270 e. The highest BCUT2D eigenvalue weighted by atomic mass is 32.1. The molecule has 1 atom stereocenters. The molecular weight excluding hydrogens is 336 g/mol. The normalized spacial score (nSPS) is 23.2. The molecule has 2 aliphatic heterocycles. The van der Waals surface area contributed by atoms with Crippen molar-refractivity contribution in [2.45, 2.75) is 26.3 Å². The van der Waals surface area contributed by atoms with Crippen LogP contribution in [0.4, 0.5) is 0 Å². The summed E-state index contributed by atoms with van der Waals surface area (Å²) in [6, 6.07) is 3.74. The summed E-state index contributed by atoms with van der Waals surface area (Å²) in [5, 5.41) is 3.05. The van der Waals surface area contributed by atoms with Gasteiger partial charge in [-0.3, -0.25) is 9.59 Å². The van der Waals surface area contributed by atoms with E-state index in [4.69, 9.17) is 0 Å². The van der Waals surface area contributed by atoms with Crippen molar-refractivity contribution < 1.29 is 9.59 Å². The summed E-state index contributed by atoms with van der Waals surface area (Å²) >= 11 is 1.61. The standard InChI is InChI=1S/C18H22N4O2S/c1-13-19-14(10-25-13)9-22-12-18(8-16(22)23)5-7-21(11-18)17(24)15-4-3-6-20(15)2/h3-4,6,10H,5,7-9,11-12H2,1-2H3. The van der Waals surface area contributed by atoms with E-state index in [2.05, 4.69) is 4.98 Å². The molecule has 6 nitrogen and oxygen atoms in total. The molecular formula is C18H22N4O2S. The lowest BCUT2D eigenvalue weighted by atomic mass is 9.86. The number of amides is 2. The van der Waals surface area contributed by atoms with Crippen LogP contribution >= 0.6 is 11.3 Å². The van der Waals surface area contributed by atoms with Crippen LogP contribution in [0.1, 0.15) is 34.0 Å². The van der Waals surface area contributed by atoms with E-state index >= 15 is 0 Å². The molecule has 1 unspecified atom stereocenters. The Morgan fingerprint density at radius 1 is 1.40 bits per heavy atom. The molecule has 0 N–H and O–H groups in total. The van der Waals surface area contributed by atoms with Crippen LogP contribution in [-0.4, -0.2) is 50.8 Å². The van der Waals surface area contributed by atoms with Crippen LogP contribution in [0, 0.1) is 12.3 Å². The molecule has 1 spiro atoms. The van der Waals surface area contributed by atoms with Gasteiger partial charge in [-0.15, -0.1) is 11.3 Å². The zero-order chi connectivity index (χ0) is 17.6. The van der Waals surface area contributed by atoms with Gasteiger partial charge >= 0.3 is 0 Å². The predicted octanol–water partition coefficient (Wildman–Crippen LogP) is 2.05. The first-order valence-corrected chi connectivity index (χ1v) is 9.43. The van der Waals surface area contributed by atoms with Crippen LogP contribution in [0.2, 0.25) is 0 Å². The Bertz CT molecular complexity index is 827. The predicted molar refractivity (Wildman–Crippen MR) is 95.3 cm³/mol. The summed E-state index contributed by atoms with van der Waals surface area (Å²) in [4.78, 5) is 33.5. The summed E-state index contributed by atoms with van der Waals surface area (Å²) in [7, 11) is 1.88. The van der Waals surface area contributed by atoms with Crippen molar-refractivity contribution in [1.29, 1.82) is 0 Å². The maximum Gasteiger partial charge on any atom is 0.270 e. The molecule has 132 valence electrons. The first-order valence-electron chi connectivity index (χ1n) is 8.55. The van der Waals surface area contributed by atoms with Gasteiger partial charge in [-0.05, 0) is 25.5 Å². The minimum Gasteiger partial charge on any atom is -0.347 e. The average molecular weight is 358 g/mol. The van der Waals surface area contributed by atoms with E-state index in [0.29, 0.717) is 25.2 Å². The molecule has 2 aliphatic rings. The summed E-state index contributed by atoms with van der Waals surface area (Å²) in [5.74, 6) is 0.240. The third-order valence-electron chi connectivity index (χ3n) is 5.31. The fraction of sp³-hybridized carbons (Fsp3) is 0.500. The third kappa shape index (κ3) is 2.97. The molecule has 0 saturated carbocycles. The lowest BCUT2D eigenvalue weighted by Gasteiger charge is -2.24. The molecule has 2 amide bonds. The van der Waals surface area contributed by atoms with Gasteiger partial charge in [-0.2, -0.15) is 0 Å². The second-order valence-corrected chi connectivity index (χ2v) is 8.33. The van der Waals surface area contributed by atoms with Crippen LogP contribution in [0.15, 0.2) is 23.7 Å². The molecule has 7 heteroatoms. The van der Waals surface area contributed by atoms with Crippen molar-refractivity contribution in [3.05, 3.63) is 40.1 Å². The summed E-state index contributed by atoms with van der Waals surface area (Å²) < 4.78 is 1.85. The van der Waals surface area contributed by atoms with E-state index in [0.717, 1.165) is 30.2 Å². The number of hydrogen-bond acceptors (Lipinski definition) is 4. The van der Waals surface area contributed by atoms with E-state index in [9.17, 15) is 9.59 Å². The van der Waals surface area contributed by atoms with Crippen molar-refractivity contribution in [2.75, 3.05) is 19.6 Å². The number of aromatic nitrogens is 2. The number of nitrogens with zero attached hydrogens (tertiary/aromatic N) is 4. The van der Waals surface area contributed by atoms with Crippen LogP contribution in [0.3, 0.4) is 0 Å². The highest BCUT2D eigenvalue weighted by Gasteiger charge is 2.48. The van der Waals surface area contributed by atoms with Crippen molar-refractivity contribution >= 4 is 23.2 Å². The summed E-state index contributed by atoms with van der Waals surface area (Å²) in [6.45, 7) is 4.66. The molecule has 4 heterocycles.